The molecule has 0 spiro atoms. The van der Waals surface area contributed by atoms with E-state index in [1.807, 2.05) is 50.2 Å². The Labute approximate surface area is 189 Å². The minimum Gasteiger partial charge on any atom is -0.488 e. The minimum atomic E-state index is -0.586. The summed E-state index contributed by atoms with van der Waals surface area (Å²) in [5.41, 5.74) is 4.57. The van der Waals surface area contributed by atoms with Gasteiger partial charge in [-0.1, -0.05) is 24.3 Å². The number of nitrogens with one attached hydrogen (secondary N) is 2. The third-order valence-electron chi connectivity index (χ3n) is 5.18. The van der Waals surface area contributed by atoms with Gasteiger partial charge in [0.25, 0.3) is 5.91 Å². The molecule has 0 atom stereocenters. The van der Waals surface area contributed by atoms with E-state index in [4.69, 9.17) is 9.47 Å². The number of para-hydroxylation sites is 1. The Kier molecular flexibility index (Phi) is 6.23. The number of hydrogen-bond acceptors (Lipinski definition) is 6. The van der Waals surface area contributed by atoms with Gasteiger partial charge >= 0.3 is 5.97 Å². The van der Waals surface area contributed by atoms with E-state index in [1.165, 1.54) is 11.3 Å². The van der Waals surface area contributed by atoms with Crippen LogP contribution in [0, 0.1) is 13.8 Å². The van der Waals surface area contributed by atoms with E-state index < -0.39 is 18.5 Å². The molecule has 4 rings (SSSR count). The molecule has 2 heterocycles. The van der Waals surface area contributed by atoms with Crippen LogP contribution in [-0.4, -0.2) is 30.9 Å². The number of rotatable bonds is 6. The highest BCUT2D eigenvalue weighted by Crippen LogP contribution is 2.42. The molecule has 0 aliphatic carbocycles. The van der Waals surface area contributed by atoms with Gasteiger partial charge in [0.15, 0.2) is 6.61 Å². The third-order valence-corrected chi connectivity index (χ3v) is 6.37. The fraction of sp³-hybridized carbons (Fsp3) is 0.208. The fourth-order valence-corrected chi connectivity index (χ4v) is 4.40. The van der Waals surface area contributed by atoms with Crippen molar-refractivity contribution < 1.29 is 23.9 Å². The first-order valence-electron chi connectivity index (χ1n) is 10.1. The highest BCUT2D eigenvalue weighted by atomic mass is 32.1. The normalized spacial score (nSPS) is 11.6. The number of ether oxygens (including phenoxy) is 2. The van der Waals surface area contributed by atoms with Crippen molar-refractivity contribution in [2.75, 3.05) is 18.5 Å². The lowest BCUT2D eigenvalue weighted by molar-refractivity contribution is -0.126. The molecule has 1 aliphatic heterocycles. The number of fused-ring (bicyclic) bond motifs is 3. The van der Waals surface area contributed by atoms with Gasteiger partial charge in [-0.15, -0.1) is 11.3 Å². The second-order valence-corrected chi connectivity index (χ2v) is 8.45. The maximum absolute atomic E-state index is 12.4. The number of anilines is 1. The quantitative estimate of drug-likeness (QED) is 0.557. The molecule has 1 aliphatic rings. The number of carbonyl (C=O) groups is 3. The topological polar surface area (TPSA) is 93.7 Å². The number of hydrogen-bond donors (Lipinski definition) is 2. The number of carbonyl (C=O) groups excluding carboxylic acids is 3. The van der Waals surface area contributed by atoms with E-state index in [0.29, 0.717) is 17.2 Å². The molecule has 3 aromatic rings. The first kappa shape index (κ1) is 21.6. The molecule has 32 heavy (non-hydrogen) atoms. The molecule has 0 radical (unpaired) electrons. The second kappa shape index (κ2) is 9.23. The van der Waals surface area contributed by atoms with Crippen LogP contribution in [0.1, 0.15) is 26.4 Å². The van der Waals surface area contributed by atoms with Gasteiger partial charge in [0, 0.05) is 21.7 Å². The summed E-state index contributed by atoms with van der Waals surface area (Å²) in [5, 5.41) is 5.22. The summed E-state index contributed by atoms with van der Waals surface area (Å²) in [7, 11) is 0. The molecule has 1 aromatic heterocycles. The molecule has 2 aromatic carbocycles. The zero-order valence-corrected chi connectivity index (χ0v) is 18.5. The van der Waals surface area contributed by atoms with Gasteiger partial charge in [-0.2, -0.15) is 0 Å². The van der Waals surface area contributed by atoms with E-state index in [1.54, 1.807) is 12.1 Å². The van der Waals surface area contributed by atoms with Crippen molar-refractivity contribution in [2.45, 2.75) is 20.5 Å². The molecule has 0 bridgehead atoms. The standard InChI is InChI=1S/C24H22N2O5S/c1-14-6-5-8-18(15(14)2)26-21(27)11-25-22(28)13-31-24(29)20-10-16-12-30-19-9-4-3-7-17(19)23(16)32-20/h3-10H,11-13H2,1-2H3,(H,25,28)(H,26,27). The number of amides is 2. The molecule has 0 unspecified atom stereocenters. The van der Waals surface area contributed by atoms with Gasteiger partial charge < -0.3 is 20.1 Å². The zero-order valence-electron chi connectivity index (χ0n) is 17.7. The summed E-state index contributed by atoms with van der Waals surface area (Å²) in [6, 6.07) is 15.0. The summed E-state index contributed by atoms with van der Waals surface area (Å²) in [6.07, 6.45) is 0. The van der Waals surface area contributed by atoms with Gasteiger partial charge in [0.1, 0.15) is 17.2 Å². The van der Waals surface area contributed by atoms with Gasteiger partial charge in [-0.05, 0) is 49.2 Å². The van der Waals surface area contributed by atoms with E-state index in [9.17, 15) is 14.4 Å². The van der Waals surface area contributed by atoms with Gasteiger partial charge in [-0.3, -0.25) is 9.59 Å². The van der Waals surface area contributed by atoms with Gasteiger partial charge in [-0.25, -0.2) is 4.79 Å². The Hall–Kier alpha value is -3.65. The van der Waals surface area contributed by atoms with E-state index in [-0.39, 0.29) is 12.5 Å². The highest BCUT2D eigenvalue weighted by Gasteiger charge is 2.23. The van der Waals surface area contributed by atoms with Crippen LogP contribution >= 0.6 is 11.3 Å². The molecule has 164 valence electrons. The number of benzene rings is 2. The lowest BCUT2D eigenvalue weighted by atomic mass is 10.1. The first-order valence-corrected chi connectivity index (χ1v) is 10.9. The summed E-state index contributed by atoms with van der Waals surface area (Å²) in [5.74, 6) is -0.718. The van der Waals surface area contributed by atoms with Crippen molar-refractivity contribution in [2.24, 2.45) is 0 Å². The van der Waals surface area contributed by atoms with Gasteiger partial charge in [0.05, 0.1) is 6.54 Å². The Bertz CT molecular complexity index is 1200. The third kappa shape index (κ3) is 4.65. The maximum atomic E-state index is 12.4. The summed E-state index contributed by atoms with van der Waals surface area (Å²) in [4.78, 5) is 37.9. The smallest absolute Gasteiger partial charge is 0.348 e. The SMILES string of the molecule is Cc1cccc(NC(=O)CNC(=O)COC(=O)c2cc3c(s2)-c2ccccc2OC3)c1C. The monoisotopic (exact) mass is 450 g/mol. The molecule has 2 N–H and O–H groups in total. The predicted octanol–water partition coefficient (Wildman–Crippen LogP) is 3.84. The summed E-state index contributed by atoms with van der Waals surface area (Å²) >= 11 is 1.31. The molecule has 0 fully saturated rings. The van der Waals surface area contributed by atoms with E-state index >= 15 is 0 Å². The molecule has 7 nitrogen and oxygen atoms in total. The van der Waals surface area contributed by atoms with Crippen molar-refractivity contribution in [3.63, 3.8) is 0 Å². The molecule has 0 saturated carbocycles. The average molecular weight is 451 g/mol. The van der Waals surface area contributed by atoms with Crippen LogP contribution in [-0.2, 0) is 20.9 Å². The van der Waals surface area contributed by atoms with Crippen LogP contribution in [0.25, 0.3) is 10.4 Å². The average Bonchev–Trinajstić information content (AvgIpc) is 3.24. The van der Waals surface area contributed by atoms with Crippen LogP contribution in [0.5, 0.6) is 5.75 Å². The zero-order chi connectivity index (χ0) is 22.7. The van der Waals surface area contributed by atoms with E-state index in [0.717, 1.165) is 32.9 Å². The van der Waals surface area contributed by atoms with Crippen molar-refractivity contribution in [1.29, 1.82) is 0 Å². The second-order valence-electron chi connectivity index (χ2n) is 7.40. The van der Waals surface area contributed by atoms with Crippen LogP contribution in [0.15, 0.2) is 48.5 Å². The number of thiophene rings is 1. The largest absolute Gasteiger partial charge is 0.488 e. The lowest BCUT2D eigenvalue weighted by Crippen LogP contribution is -2.35. The fourth-order valence-electron chi connectivity index (χ4n) is 3.31. The summed E-state index contributed by atoms with van der Waals surface area (Å²) in [6.45, 7) is 3.57. The predicted molar refractivity (Wildman–Crippen MR) is 122 cm³/mol. The number of aryl methyl sites for hydroxylation is 1. The Morgan fingerprint density at radius 1 is 1.06 bits per heavy atom. The van der Waals surface area contributed by atoms with Crippen LogP contribution in [0.4, 0.5) is 5.69 Å². The highest BCUT2D eigenvalue weighted by molar-refractivity contribution is 7.17. The van der Waals surface area contributed by atoms with Crippen molar-refractivity contribution in [1.82, 2.24) is 5.32 Å². The minimum absolute atomic E-state index is 0.217. The maximum Gasteiger partial charge on any atom is 0.348 e. The number of esters is 1. The molecule has 0 saturated heterocycles. The van der Waals surface area contributed by atoms with Crippen LogP contribution < -0.4 is 15.4 Å². The van der Waals surface area contributed by atoms with Crippen LogP contribution in [0.3, 0.4) is 0 Å². The van der Waals surface area contributed by atoms with Crippen molar-refractivity contribution in [3.05, 3.63) is 70.1 Å². The first-order chi connectivity index (χ1) is 15.4. The van der Waals surface area contributed by atoms with E-state index in [2.05, 4.69) is 10.6 Å². The Morgan fingerprint density at radius 2 is 1.88 bits per heavy atom. The van der Waals surface area contributed by atoms with Gasteiger partial charge in [0.2, 0.25) is 5.91 Å². The molecule has 8 heteroatoms. The van der Waals surface area contributed by atoms with Crippen molar-refractivity contribution >= 4 is 34.8 Å². The molecule has 2 amide bonds. The molecular weight excluding hydrogens is 428 g/mol. The van der Waals surface area contributed by atoms with Crippen LogP contribution in [0.2, 0.25) is 0 Å². The Balaban J connectivity index is 1.28. The Morgan fingerprint density at radius 3 is 2.72 bits per heavy atom. The lowest BCUT2D eigenvalue weighted by Gasteiger charge is -2.16. The molecular formula is C24H22N2O5S. The van der Waals surface area contributed by atoms with Crippen molar-refractivity contribution in [3.8, 4) is 16.2 Å². The summed E-state index contributed by atoms with van der Waals surface area (Å²) < 4.78 is 10.8.